The largest absolute Gasteiger partial charge is 0.490 e. The molecular weight excluding hydrogens is 447 g/mol. The molecule has 0 spiro atoms. The Morgan fingerprint density at radius 2 is 2.00 bits per heavy atom. The van der Waals surface area contributed by atoms with Gasteiger partial charge in [0.2, 0.25) is 0 Å². The van der Waals surface area contributed by atoms with Gasteiger partial charge in [-0.3, -0.25) is 0 Å². The fourth-order valence-corrected chi connectivity index (χ4v) is 5.51. The minimum Gasteiger partial charge on any atom is -0.490 e. The molecule has 1 saturated carbocycles. The first-order valence-corrected chi connectivity index (χ1v) is 12.5. The number of carboxylic acids is 1. The minimum absolute atomic E-state index is 0.224. The zero-order valence-corrected chi connectivity index (χ0v) is 20.4. The molecule has 2 aromatic carbocycles. The van der Waals surface area contributed by atoms with E-state index >= 15 is 4.39 Å². The predicted molar refractivity (Wildman–Crippen MR) is 134 cm³/mol. The van der Waals surface area contributed by atoms with Crippen LogP contribution >= 0.6 is 0 Å². The number of hydrogen-bond acceptors (Lipinski definition) is 4. The highest BCUT2D eigenvalue weighted by Gasteiger charge is 2.35. The second-order valence-electron chi connectivity index (χ2n) is 9.92. The third-order valence-electron chi connectivity index (χ3n) is 7.25. The molecule has 0 amide bonds. The zero-order valence-electron chi connectivity index (χ0n) is 20.4. The molecule has 2 heterocycles. The van der Waals surface area contributed by atoms with E-state index in [1.54, 1.807) is 12.1 Å². The molecule has 1 aromatic heterocycles. The van der Waals surface area contributed by atoms with E-state index < -0.39 is 12.1 Å². The van der Waals surface area contributed by atoms with E-state index in [2.05, 4.69) is 9.47 Å². The highest BCUT2D eigenvalue weighted by Crippen LogP contribution is 2.47. The van der Waals surface area contributed by atoms with Gasteiger partial charge in [-0.15, -0.1) is 0 Å². The molecule has 0 saturated heterocycles. The van der Waals surface area contributed by atoms with E-state index in [9.17, 15) is 9.90 Å². The quantitative estimate of drug-likeness (QED) is 0.516. The van der Waals surface area contributed by atoms with Crippen molar-refractivity contribution in [2.45, 2.75) is 50.4 Å². The van der Waals surface area contributed by atoms with Crippen molar-refractivity contribution in [3.63, 3.8) is 0 Å². The molecule has 1 N–H and O–H groups in total. The van der Waals surface area contributed by atoms with Crippen LogP contribution in [-0.4, -0.2) is 66.7 Å². The maximum atomic E-state index is 15.4. The van der Waals surface area contributed by atoms with Crippen molar-refractivity contribution in [1.82, 2.24) is 9.47 Å². The Balaban J connectivity index is 1.72. The molecular formula is C28H33FN2O4. The predicted octanol–water partition coefficient (Wildman–Crippen LogP) is 5.34. The van der Waals surface area contributed by atoms with Gasteiger partial charge < -0.3 is 24.0 Å². The lowest BCUT2D eigenvalue weighted by atomic mass is 9.80. The first kappa shape index (κ1) is 23.8. The summed E-state index contributed by atoms with van der Waals surface area (Å²) in [5.41, 5.74) is 3.84. The summed E-state index contributed by atoms with van der Waals surface area (Å²) in [6.45, 7) is 2.22. The van der Waals surface area contributed by atoms with Crippen LogP contribution in [0.5, 0.6) is 5.75 Å². The fraction of sp³-hybridized carbons (Fsp3) is 0.464. The van der Waals surface area contributed by atoms with Gasteiger partial charge in [-0.05, 0) is 56.8 Å². The van der Waals surface area contributed by atoms with Crippen molar-refractivity contribution in [1.29, 1.82) is 0 Å². The third kappa shape index (κ3) is 4.67. The zero-order chi connectivity index (χ0) is 24.5. The third-order valence-corrected chi connectivity index (χ3v) is 7.25. The topological polar surface area (TPSA) is 63.9 Å². The molecule has 1 fully saturated rings. The number of likely N-dealkylation sites (N-methyl/N-ethyl adjacent to an activating group) is 1. The summed E-state index contributed by atoms with van der Waals surface area (Å²) in [4.78, 5) is 13.9. The second-order valence-corrected chi connectivity index (χ2v) is 9.92. The number of alkyl halides is 1. The van der Waals surface area contributed by atoms with Gasteiger partial charge in [-0.1, -0.05) is 31.0 Å². The number of ether oxygens (including phenoxy) is 2. The van der Waals surface area contributed by atoms with Gasteiger partial charge in [0.15, 0.2) is 0 Å². The van der Waals surface area contributed by atoms with E-state index in [0.29, 0.717) is 26.2 Å². The number of carbonyl (C=O) groups is 1. The lowest BCUT2D eigenvalue weighted by molar-refractivity contribution is 0.00421. The van der Waals surface area contributed by atoms with Crippen LogP contribution in [0.3, 0.4) is 0 Å². The Labute approximate surface area is 205 Å². The average molecular weight is 481 g/mol. The van der Waals surface area contributed by atoms with Crippen molar-refractivity contribution in [3.05, 3.63) is 53.6 Å². The number of benzene rings is 2. The fourth-order valence-electron chi connectivity index (χ4n) is 5.51. The lowest BCUT2D eigenvalue weighted by Gasteiger charge is -2.29. The number of rotatable bonds is 6. The first-order chi connectivity index (χ1) is 16.9. The smallest absolute Gasteiger partial charge is 0.335 e. The van der Waals surface area contributed by atoms with Gasteiger partial charge >= 0.3 is 5.97 Å². The maximum Gasteiger partial charge on any atom is 0.335 e. The molecule has 35 heavy (non-hydrogen) atoms. The highest BCUT2D eigenvalue weighted by atomic mass is 19.1. The molecule has 0 radical (unpaired) electrons. The van der Waals surface area contributed by atoms with Crippen LogP contribution in [0.2, 0.25) is 0 Å². The molecule has 3 aromatic rings. The molecule has 3 atom stereocenters. The SMILES string of the molecule is CN(C)CCO[C@H]1COc2ccccc2-c2c([C@@H]3CCCC[C@H]3F)c3ccc(C(=O)O)cc3n2C1. The molecule has 1 aliphatic carbocycles. The van der Waals surface area contributed by atoms with Crippen LogP contribution in [0.4, 0.5) is 4.39 Å². The number of halogens is 1. The summed E-state index contributed by atoms with van der Waals surface area (Å²) < 4.78 is 30.1. The maximum absolute atomic E-state index is 15.4. The summed E-state index contributed by atoms with van der Waals surface area (Å²) in [7, 11) is 4.01. The Hall–Kier alpha value is -2.90. The van der Waals surface area contributed by atoms with E-state index in [4.69, 9.17) is 9.47 Å². The van der Waals surface area contributed by atoms with Crippen molar-refractivity contribution in [3.8, 4) is 17.0 Å². The first-order valence-electron chi connectivity index (χ1n) is 12.5. The van der Waals surface area contributed by atoms with Crippen LogP contribution in [0.1, 0.15) is 47.5 Å². The number of hydrogen-bond donors (Lipinski definition) is 1. The Morgan fingerprint density at radius 1 is 1.20 bits per heavy atom. The number of para-hydroxylation sites is 1. The van der Waals surface area contributed by atoms with Crippen molar-refractivity contribution in [2.24, 2.45) is 0 Å². The molecule has 186 valence electrons. The second kappa shape index (κ2) is 9.99. The van der Waals surface area contributed by atoms with Gasteiger partial charge in [0.1, 0.15) is 24.6 Å². The van der Waals surface area contributed by atoms with Gasteiger partial charge in [-0.2, -0.15) is 0 Å². The lowest BCUT2D eigenvalue weighted by Crippen LogP contribution is -2.32. The van der Waals surface area contributed by atoms with Crippen molar-refractivity contribution < 1.29 is 23.8 Å². The average Bonchev–Trinajstić information content (AvgIpc) is 3.13. The summed E-state index contributed by atoms with van der Waals surface area (Å²) in [6, 6.07) is 13.1. The molecule has 5 rings (SSSR count). The van der Waals surface area contributed by atoms with E-state index in [1.807, 2.05) is 44.4 Å². The summed E-state index contributed by atoms with van der Waals surface area (Å²) in [5, 5.41) is 10.6. The number of nitrogens with zero attached hydrogens (tertiary/aromatic N) is 2. The Morgan fingerprint density at radius 3 is 2.77 bits per heavy atom. The van der Waals surface area contributed by atoms with Gasteiger partial charge in [0.25, 0.3) is 0 Å². The Kier molecular flexibility index (Phi) is 6.80. The van der Waals surface area contributed by atoms with E-state index in [0.717, 1.165) is 59.3 Å². The molecule has 0 unspecified atom stereocenters. The molecule has 6 nitrogen and oxygen atoms in total. The van der Waals surface area contributed by atoms with Gasteiger partial charge in [-0.25, -0.2) is 9.18 Å². The molecule has 2 aliphatic rings. The number of aromatic carboxylic acids is 1. The molecule has 7 heteroatoms. The van der Waals surface area contributed by atoms with Gasteiger partial charge in [0.05, 0.1) is 24.4 Å². The van der Waals surface area contributed by atoms with Crippen LogP contribution in [0.15, 0.2) is 42.5 Å². The number of fused-ring (bicyclic) bond motifs is 5. The summed E-state index contributed by atoms with van der Waals surface area (Å²) >= 11 is 0. The van der Waals surface area contributed by atoms with Crippen LogP contribution in [0.25, 0.3) is 22.2 Å². The van der Waals surface area contributed by atoms with Crippen molar-refractivity contribution in [2.75, 3.05) is 33.9 Å². The molecule has 1 aliphatic heterocycles. The van der Waals surface area contributed by atoms with Gasteiger partial charge in [0, 0.05) is 28.9 Å². The molecule has 0 bridgehead atoms. The minimum atomic E-state index is -0.974. The summed E-state index contributed by atoms with van der Waals surface area (Å²) in [6.07, 6.45) is 2.06. The number of carboxylic acid groups (broad SMARTS) is 1. The van der Waals surface area contributed by atoms with Crippen molar-refractivity contribution >= 4 is 16.9 Å². The monoisotopic (exact) mass is 480 g/mol. The van der Waals surface area contributed by atoms with Crippen LogP contribution in [-0.2, 0) is 11.3 Å². The Bertz CT molecular complexity index is 1220. The highest BCUT2D eigenvalue weighted by molar-refractivity contribution is 5.98. The van der Waals surface area contributed by atoms with E-state index in [1.165, 1.54) is 0 Å². The van der Waals surface area contributed by atoms with Crippen LogP contribution in [0, 0.1) is 0 Å². The van der Waals surface area contributed by atoms with E-state index in [-0.39, 0.29) is 17.6 Å². The summed E-state index contributed by atoms with van der Waals surface area (Å²) in [5.74, 6) is -0.472. The standard InChI is InChI=1S/C28H33FN2O4/c1-30(2)13-14-34-19-16-31-24-15-18(28(32)33)11-12-21(24)26(20-7-3-5-9-23(20)29)27(31)22-8-4-6-10-25(22)35-17-19/h4,6,8,10-12,15,19-20,23H,3,5,7,9,13-14,16-17H2,1-2H3,(H,32,33)/t19-,20-,23-/m1/s1. The van der Waals surface area contributed by atoms with Crippen LogP contribution < -0.4 is 4.74 Å². The normalized spacial score (nSPS) is 22.2. The number of aromatic nitrogens is 1.